The number of nitrogens with zero attached hydrogens (tertiary/aromatic N) is 1. The number of rotatable bonds is 24. The highest BCUT2D eigenvalue weighted by molar-refractivity contribution is 5.72. The van der Waals surface area contributed by atoms with Crippen molar-refractivity contribution in [3.05, 3.63) is 58.7 Å². The fourth-order valence-electron chi connectivity index (χ4n) is 5.85. The first-order chi connectivity index (χ1) is 29.0. The Bertz CT molecular complexity index is 1680. The van der Waals surface area contributed by atoms with Gasteiger partial charge >= 0.3 is 42.6 Å². The first kappa shape index (κ1) is 51.9. The summed E-state index contributed by atoms with van der Waals surface area (Å²) < 4.78 is 189. The van der Waals surface area contributed by atoms with E-state index in [9.17, 15) is 67.1 Å². The maximum atomic E-state index is 13.4. The molecule has 0 bridgehead atoms. The lowest BCUT2D eigenvalue weighted by atomic mass is 10.1. The van der Waals surface area contributed by atoms with Crippen molar-refractivity contribution in [3.63, 3.8) is 0 Å². The molecule has 1 saturated heterocycles. The quantitative estimate of drug-likeness (QED) is 0.0437. The molecule has 1 fully saturated rings. The number of alkyl halides is 12. The molecule has 0 N–H and O–H groups in total. The molecule has 2 aromatic carbocycles. The van der Waals surface area contributed by atoms with Crippen molar-refractivity contribution in [3.8, 4) is 11.5 Å². The van der Waals surface area contributed by atoms with E-state index < -0.39 is 95.7 Å². The van der Waals surface area contributed by atoms with Gasteiger partial charge in [0.25, 0.3) is 0 Å². The van der Waals surface area contributed by atoms with Gasteiger partial charge in [0.15, 0.2) is 6.10 Å². The summed E-state index contributed by atoms with van der Waals surface area (Å²) in [5.41, 5.74) is -6.01. The number of hydrogen-bond acceptors (Lipinski definition) is 10. The minimum atomic E-state index is -5.10. The van der Waals surface area contributed by atoms with Gasteiger partial charge in [0.1, 0.15) is 24.7 Å². The fourth-order valence-corrected chi connectivity index (χ4v) is 5.85. The molecule has 0 amide bonds. The lowest BCUT2D eigenvalue weighted by Gasteiger charge is -2.25. The van der Waals surface area contributed by atoms with Crippen LogP contribution >= 0.6 is 0 Å². The van der Waals surface area contributed by atoms with E-state index in [0.29, 0.717) is 89.1 Å². The summed E-state index contributed by atoms with van der Waals surface area (Å²) >= 11 is 0. The lowest BCUT2D eigenvalue weighted by Crippen LogP contribution is -2.41. The molecule has 350 valence electrons. The Labute approximate surface area is 349 Å². The molecule has 1 aliphatic heterocycles. The van der Waals surface area contributed by atoms with E-state index in [-0.39, 0.29) is 64.0 Å². The van der Waals surface area contributed by atoms with E-state index in [1.165, 1.54) is 0 Å². The first-order valence-electron chi connectivity index (χ1n) is 19.7. The molecule has 0 spiro atoms. The van der Waals surface area contributed by atoms with Crippen LogP contribution in [0.25, 0.3) is 0 Å². The van der Waals surface area contributed by atoms with Crippen LogP contribution in [-0.4, -0.2) is 88.2 Å². The summed E-state index contributed by atoms with van der Waals surface area (Å²) in [6.45, 7) is 0.496. The molecule has 1 atom stereocenters. The first-order valence-corrected chi connectivity index (χ1v) is 19.7. The molecule has 0 saturated carbocycles. The number of ether oxygens (including phenoxy) is 6. The summed E-state index contributed by atoms with van der Waals surface area (Å²) in [7, 11) is 0. The average Bonchev–Trinajstić information content (AvgIpc) is 3.18. The number of unbranched alkanes of at least 4 members (excludes halogenated alkanes) is 7. The monoisotopic (exact) mass is 913 g/mol. The van der Waals surface area contributed by atoms with Crippen molar-refractivity contribution in [1.29, 1.82) is 0 Å². The van der Waals surface area contributed by atoms with Crippen molar-refractivity contribution in [2.24, 2.45) is 0 Å². The zero-order valence-electron chi connectivity index (χ0n) is 33.3. The van der Waals surface area contributed by atoms with Gasteiger partial charge in [-0.25, -0.2) is 0 Å². The van der Waals surface area contributed by atoms with Gasteiger partial charge in [0, 0.05) is 25.9 Å². The summed E-state index contributed by atoms with van der Waals surface area (Å²) in [5.74, 6) is -3.35. The van der Waals surface area contributed by atoms with Crippen LogP contribution in [0.15, 0.2) is 36.4 Å². The van der Waals surface area contributed by atoms with E-state index >= 15 is 0 Å². The van der Waals surface area contributed by atoms with Gasteiger partial charge < -0.3 is 28.4 Å². The van der Waals surface area contributed by atoms with Gasteiger partial charge in [-0.2, -0.15) is 52.7 Å². The standard InChI is InChI=1S/C40H47F12NO9/c41-37(42,43)27-12-13-33(32(23-27)40(50,51)52)59-17-9-5-7-11-35(55)62-31(26-61-36(56)24-53-14-18-57-19-15-53)25-60-34(54)10-6-3-1-2-4-8-16-58-30-21-28(38(44,45)46)20-29(22-30)39(47,48)49/h12-13,20-23,31H,1-11,14-19,24-26H2. The summed E-state index contributed by atoms with van der Waals surface area (Å²) in [4.78, 5) is 39.3. The van der Waals surface area contributed by atoms with E-state index in [1.54, 1.807) is 4.90 Å². The van der Waals surface area contributed by atoms with Gasteiger partial charge in [-0.1, -0.05) is 25.7 Å². The maximum absolute atomic E-state index is 13.4. The van der Waals surface area contributed by atoms with Crippen LogP contribution in [0.3, 0.4) is 0 Å². The number of hydrogen-bond donors (Lipinski definition) is 0. The number of benzene rings is 2. The summed E-state index contributed by atoms with van der Waals surface area (Å²) in [5, 5.41) is 0. The molecular formula is C40H47F12NO9. The van der Waals surface area contributed by atoms with Gasteiger partial charge in [-0.15, -0.1) is 0 Å². The molecule has 1 aliphatic rings. The third-order valence-corrected chi connectivity index (χ3v) is 9.12. The number of halogens is 12. The Kier molecular flexibility index (Phi) is 20.4. The molecular weight excluding hydrogens is 866 g/mol. The lowest BCUT2D eigenvalue weighted by molar-refractivity contribution is -0.167. The van der Waals surface area contributed by atoms with Crippen molar-refractivity contribution in [2.45, 2.75) is 101 Å². The second kappa shape index (κ2) is 24.4. The van der Waals surface area contributed by atoms with E-state index in [1.807, 2.05) is 0 Å². The van der Waals surface area contributed by atoms with Crippen molar-refractivity contribution >= 4 is 17.9 Å². The van der Waals surface area contributed by atoms with E-state index in [4.69, 9.17) is 28.4 Å². The topological polar surface area (TPSA) is 110 Å². The molecule has 0 radical (unpaired) electrons. The smallest absolute Gasteiger partial charge is 0.419 e. The fraction of sp³-hybridized carbons (Fsp3) is 0.625. The second-order valence-corrected chi connectivity index (χ2v) is 14.2. The predicted molar refractivity (Wildman–Crippen MR) is 194 cm³/mol. The molecule has 2 aromatic rings. The van der Waals surface area contributed by atoms with Crippen molar-refractivity contribution in [2.75, 3.05) is 59.3 Å². The zero-order chi connectivity index (χ0) is 46.0. The third-order valence-electron chi connectivity index (χ3n) is 9.12. The molecule has 3 rings (SSSR count). The van der Waals surface area contributed by atoms with Crippen LogP contribution in [0.4, 0.5) is 52.7 Å². The predicted octanol–water partition coefficient (Wildman–Crippen LogP) is 9.84. The largest absolute Gasteiger partial charge is 0.494 e. The Balaban J connectivity index is 1.37. The molecule has 10 nitrogen and oxygen atoms in total. The van der Waals surface area contributed by atoms with Crippen LogP contribution in [0, 0.1) is 0 Å². The summed E-state index contributed by atoms with van der Waals surface area (Å²) in [6, 6.07) is 2.06. The zero-order valence-corrected chi connectivity index (χ0v) is 33.3. The Morgan fingerprint density at radius 3 is 1.63 bits per heavy atom. The van der Waals surface area contributed by atoms with E-state index in [0.717, 1.165) is 0 Å². The Hall–Kier alpha value is -4.47. The molecule has 0 aromatic heterocycles. The van der Waals surface area contributed by atoms with Gasteiger partial charge in [0.05, 0.1) is 55.2 Å². The maximum Gasteiger partial charge on any atom is 0.419 e. The molecule has 1 heterocycles. The average molecular weight is 914 g/mol. The third kappa shape index (κ3) is 19.7. The van der Waals surface area contributed by atoms with Gasteiger partial charge in [-0.3, -0.25) is 19.3 Å². The molecule has 22 heteroatoms. The summed E-state index contributed by atoms with van der Waals surface area (Å²) in [6.07, 6.45) is -17.7. The highest BCUT2D eigenvalue weighted by Crippen LogP contribution is 2.41. The minimum absolute atomic E-state index is 0.0138. The van der Waals surface area contributed by atoms with Gasteiger partial charge in [0.2, 0.25) is 0 Å². The highest BCUT2D eigenvalue weighted by atomic mass is 19.4. The van der Waals surface area contributed by atoms with Crippen LogP contribution in [-0.2, 0) is 58.0 Å². The van der Waals surface area contributed by atoms with Crippen LogP contribution in [0.5, 0.6) is 11.5 Å². The van der Waals surface area contributed by atoms with E-state index in [2.05, 4.69) is 0 Å². The highest BCUT2D eigenvalue weighted by Gasteiger charge is 2.39. The van der Waals surface area contributed by atoms with Crippen molar-refractivity contribution in [1.82, 2.24) is 4.90 Å². The minimum Gasteiger partial charge on any atom is -0.494 e. The second-order valence-electron chi connectivity index (χ2n) is 14.2. The van der Waals surface area contributed by atoms with Gasteiger partial charge in [-0.05, 0) is 68.5 Å². The number of carbonyl (C=O) groups is 3. The van der Waals surface area contributed by atoms with Crippen LogP contribution in [0.2, 0.25) is 0 Å². The molecule has 62 heavy (non-hydrogen) atoms. The normalized spacial score (nSPS) is 14.6. The molecule has 1 unspecified atom stereocenters. The number of carbonyl (C=O) groups excluding carboxylic acids is 3. The SMILES string of the molecule is O=C(CCCCCCCCOc1cc(C(F)(F)F)cc(C(F)(F)F)c1)OCC(COC(=O)CN1CCOCC1)OC(=O)CCCCCOc1ccc(C(F)(F)F)cc1C(F)(F)F. The van der Waals surface area contributed by atoms with Crippen molar-refractivity contribution < 1.29 is 95.5 Å². The number of esters is 3. The Morgan fingerprint density at radius 2 is 1.06 bits per heavy atom. The molecule has 0 aliphatic carbocycles. The van der Waals surface area contributed by atoms with Crippen LogP contribution < -0.4 is 9.47 Å². The van der Waals surface area contributed by atoms with Crippen LogP contribution in [0.1, 0.15) is 92.9 Å². The number of morpholine rings is 1. The Morgan fingerprint density at radius 1 is 0.565 bits per heavy atom.